The Balaban J connectivity index is 3.04. The minimum atomic E-state index is -0.224. The van der Waals surface area contributed by atoms with Crippen LogP contribution < -0.4 is 0 Å². The number of amides is 1. The van der Waals surface area contributed by atoms with Gasteiger partial charge in [0.25, 0.3) is 0 Å². The fourth-order valence-corrected chi connectivity index (χ4v) is 3.31. The molecule has 19 heavy (non-hydrogen) atoms. The molecular weight excluding hydrogens is 238 g/mol. The van der Waals surface area contributed by atoms with Crippen LogP contribution in [0.1, 0.15) is 51.9 Å². The van der Waals surface area contributed by atoms with Crippen LogP contribution in [0.4, 0.5) is 4.79 Å². The average molecular weight is 265 g/mol. The molecule has 1 rings (SSSR count). The predicted molar refractivity (Wildman–Crippen MR) is 79.2 cm³/mol. The van der Waals surface area contributed by atoms with Crippen LogP contribution in [-0.2, 0) is 4.74 Å². The molecule has 0 heterocycles. The van der Waals surface area contributed by atoms with Gasteiger partial charge in [0, 0.05) is 11.6 Å². The highest BCUT2D eigenvalue weighted by molar-refractivity contribution is 5.69. The second kappa shape index (κ2) is 7.37. The Kier molecular flexibility index (Phi) is 6.13. The number of nitrogens with zero attached hydrogens (tertiary/aromatic N) is 1. The summed E-state index contributed by atoms with van der Waals surface area (Å²) in [5.74, 6) is 0. The van der Waals surface area contributed by atoms with E-state index in [1.165, 1.54) is 26.4 Å². The molecule has 0 bridgehead atoms. The first-order valence-electron chi connectivity index (χ1n) is 7.20. The Morgan fingerprint density at radius 2 is 1.95 bits per heavy atom. The van der Waals surface area contributed by atoms with Crippen molar-refractivity contribution in [3.05, 3.63) is 25.3 Å². The summed E-state index contributed by atoms with van der Waals surface area (Å²) in [6.07, 6.45) is 10.9. The lowest BCUT2D eigenvalue weighted by atomic mass is 9.77. The molecule has 3 heteroatoms. The van der Waals surface area contributed by atoms with Gasteiger partial charge in [-0.3, -0.25) is 4.90 Å². The van der Waals surface area contributed by atoms with Crippen molar-refractivity contribution in [2.24, 2.45) is 0 Å². The zero-order chi connectivity index (χ0) is 14.3. The summed E-state index contributed by atoms with van der Waals surface area (Å²) in [6, 6.07) is 0.114. The molecule has 1 unspecified atom stereocenters. The molecule has 0 aromatic rings. The average Bonchev–Trinajstić information content (AvgIpc) is 2.40. The van der Waals surface area contributed by atoms with E-state index in [1.54, 1.807) is 0 Å². The van der Waals surface area contributed by atoms with E-state index in [0.29, 0.717) is 0 Å². The van der Waals surface area contributed by atoms with Gasteiger partial charge in [0.1, 0.15) is 0 Å². The van der Waals surface area contributed by atoms with Crippen molar-refractivity contribution in [2.75, 3.05) is 7.11 Å². The number of rotatable bonds is 6. The molecule has 0 radical (unpaired) electrons. The topological polar surface area (TPSA) is 29.5 Å². The van der Waals surface area contributed by atoms with Crippen LogP contribution >= 0.6 is 0 Å². The maximum Gasteiger partial charge on any atom is 0.410 e. The van der Waals surface area contributed by atoms with Crippen LogP contribution in [0.15, 0.2) is 25.3 Å². The van der Waals surface area contributed by atoms with E-state index >= 15 is 0 Å². The highest BCUT2D eigenvalue weighted by atomic mass is 16.5. The maximum atomic E-state index is 12.2. The second-order valence-corrected chi connectivity index (χ2v) is 5.49. The summed E-state index contributed by atoms with van der Waals surface area (Å²) in [7, 11) is 1.46. The lowest BCUT2D eigenvalue weighted by Crippen LogP contribution is -2.56. The van der Waals surface area contributed by atoms with Gasteiger partial charge in [0.15, 0.2) is 0 Å². The van der Waals surface area contributed by atoms with E-state index in [9.17, 15) is 4.79 Å². The van der Waals surface area contributed by atoms with Gasteiger partial charge in [0.2, 0.25) is 0 Å². The zero-order valence-corrected chi connectivity index (χ0v) is 12.4. The highest BCUT2D eigenvalue weighted by Crippen LogP contribution is 2.39. The molecule has 1 aliphatic rings. The molecule has 0 N–H and O–H groups in total. The normalized spacial score (nSPS) is 19.3. The quantitative estimate of drug-likeness (QED) is 0.670. The lowest BCUT2D eigenvalue weighted by Gasteiger charge is -2.48. The van der Waals surface area contributed by atoms with Crippen molar-refractivity contribution in [3.8, 4) is 0 Å². The van der Waals surface area contributed by atoms with Gasteiger partial charge >= 0.3 is 6.09 Å². The first-order valence-corrected chi connectivity index (χ1v) is 7.20. The van der Waals surface area contributed by atoms with Gasteiger partial charge in [0.05, 0.1) is 7.11 Å². The summed E-state index contributed by atoms with van der Waals surface area (Å²) in [4.78, 5) is 14.2. The van der Waals surface area contributed by atoms with Crippen molar-refractivity contribution >= 4 is 6.09 Å². The van der Waals surface area contributed by atoms with Gasteiger partial charge in [-0.2, -0.15) is 0 Å². The van der Waals surface area contributed by atoms with E-state index in [1.807, 2.05) is 17.1 Å². The van der Waals surface area contributed by atoms with Crippen molar-refractivity contribution in [1.29, 1.82) is 0 Å². The third kappa shape index (κ3) is 3.62. The molecule has 0 aromatic heterocycles. The fourth-order valence-electron chi connectivity index (χ4n) is 3.31. The maximum absolute atomic E-state index is 12.2. The number of hydrogen-bond donors (Lipinski definition) is 0. The van der Waals surface area contributed by atoms with Crippen molar-refractivity contribution in [2.45, 2.75) is 63.5 Å². The van der Waals surface area contributed by atoms with Crippen LogP contribution in [0.25, 0.3) is 0 Å². The molecule has 1 aliphatic carbocycles. The summed E-state index contributed by atoms with van der Waals surface area (Å²) < 4.78 is 5.02. The molecule has 1 amide bonds. The van der Waals surface area contributed by atoms with Crippen molar-refractivity contribution in [1.82, 2.24) is 4.90 Å². The number of carbonyl (C=O) groups is 1. The van der Waals surface area contributed by atoms with E-state index < -0.39 is 0 Å². The SMILES string of the molecule is C=CCC(C)N(C(=O)OC)C1(CC=C)CCCCC1. The summed E-state index contributed by atoms with van der Waals surface area (Å²) in [5.41, 5.74) is -0.116. The van der Waals surface area contributed by atoms with Gasteiger partial charge in [-0.25, -0.2) is 4.79 Å². The van der Waals surface area contributed by atoms with Gasteiger partial charge in [-0.1, -0.05) is 31.4 Å². The smallest absolute Gasteiger partial charge is 0.410 e. The summed E-state index contributed by atoms with van der Waals surface area (Å²) >= 11 is 0. The van der Waals surface area contributed by atoms with Crippen LogP contribution in [-0.4, -0.2) is 29.7 Å². The third-order valence-electron chi connectivity index (χ3n) is 4.14. The van der Waals surface area contributed by atoms with Crippen molar-refractivity contribution in [3.63, 3.8) is 0 Å². The Morgan fingerprint density at radius 3 is 2.42 bits per heavy atom. The molecule has 0 aromatic carbocycles. The Bertz CT molecular complexity index is 319. The molecule has 0 spiro atoms. The van der Waals surface area contributed by atoms with Gasteiger partial charge in [-0.05, 0) is 32.6 Å². The van der Waals surface area contributed by atoms with Crippen LogP contribution in [0.3, 0.4) is 0 Å². The molecule has 1 atom stereocenters. The van der Waals surface area contributed by atoms with E-state index in [2.05, 4.69) is 20.1 Å². The number of carbonyl (C=O) groups excluding carboxylic acids is 1. The molecule has 108 valence electrons. The molecule has 3 nitrogen and oxygen atoms in total. The Labute approximate surface area is 117 Å². The monoisotopic (exact) mass is 265 g/mol. The largest absolute Gasteiger partial charge is 0.453 e. The first-order chi connectivity index (χ1) is 9.11. The fraction of sp³-hybridized carbons (Fsp3) is 0.688. The molecular formula is C16H27NO2. The third-order valence-corrected chi connectivity index (χ3v) is 4.14. The molecule has 1 saturated carbocycles. The number of hydrogen-bond acceptors (Lipinski definition) is 2. The van der Waals surface area contributed by atoms with Crippen molar-refractivity contribution < 1.29 is 9.53 Å². The van der Waals surface area contributed by atoms with Gasteiger partial charge < -0.3 is 4.74 Å². The number of ether oxygens (including phenoxy) is 1. The predicted octanol–water partition coefficient (Wildman–Crippen LogP) is 4.30. The van der Waals surface area contributed by atoms with E-state index in [4.69, 9.17) is 4.74 Å². The molecule has 0 aliphatic heterocycles. The van der Waals surface area contributed by atoms with Crippen LogP contribution in [0.2, 0.25) is 0 Å². The summed E-state index contributed by atoms with van der Waals surface area (Å²) in [5, 5.41) is 0. The molecule has 0 saturated heterocycles. The Hall–Kier alpha value is -1.25. The van der Waals surface area contributed by atoms with Crippen LogP contribution in [0.5, 0.6) is 0 Å². The second-order valence-electron chi connectivity index (χ2n) is 5.49. The first kappa shape index (κ1) is 15.8. The van der Waals surface area contributed by atoms with Crippen LogP contribution in [0, 0.1) is 0 Å². The van der Waals surface area contributed by atoms with Gasteiger partial charge in [-0.15, -0.1) is 13.2 Å². The highest BCUT2D eigenvalue weighted by Gasteiger charge is 2.42. The lowest BCUT2D eigenvalue weighted by molar-refractivity contribution is 0.0185. The Morgan fingerprint density at radius 1 is 1.32 bits per heavy atom. The summed E-state index contributed by atoms with van der Waals surface area (Å²) in [6.45, 7) is 9.72. The van der Waals surface area contributed by atoms with E-state index in [0.717, 1.165) is 25.7 Å². The standard InChI is InChI=1S/C16H27NO2/c1-5-10-14(3)17(15(18)19-4)16(11-6-2)12-8-7-9-13-16/h5-6,14H,1-2,7-13H2,3-4H3. The number of methoxy groups -OCH3 is 1. The minimum Gasteiger partial charge on any atom is -0.453 e. The van der Waals surface area contributed by atoms with E-state index in [-0.39, 0.29) is 17.7 Å². The zero-order valence-electron chi connectivity index (χ0n) is 12.4. The molecule has 1 fully saturated rings. The minimum absolute atomic E-state index is 0.114.